The lowest BCUT2D eigenvalue weighted by Gasteiger charge is -2.25. The molecule has 1 amide bonds. The van der Waals surface area contributed by atoms with E-state index >= 15 is 0 Å². The van der Waals surface area contributed by atoms with Crippen LogP contribution in [0.5, 0.6) is 5.75 Å². The number of methoxy groups -OCH3 is 1. The molecule has 1 aliphatic rings. The van der Waals surface area contributed by atoms with Crippen molar-refractivity contribution in [2.75, 3.05) is 13.7 Å². The molecule has 0 aromatic heterocycles. The number of hydrogen-bond acceptors (Lipinski definition) is 5. The second kappa shape index (κ2) is 8.90. The molecule has 1 saturated heterocycles. The smallest absolute Gasteiger partial charge is 0.311 e. The second-order valence-corrected chi connectivity index (χ2v) is 7.22. The van der Waals surface area contributed by atoms with Gasteiger partial charge < -0.3 is 14.4 Å². The van der Waals surface area contributed by atoms with Crippen molar-refractivity contribution < 1.29 is 23.9 Å². The predicted octanol–water partition coefficient (Wildman–Crippen LogP) is 3.55. The number of esters is 1. The summed E-state index contributed by atoms with van der Waals surface area (Å²) < 4.78 is 10.7. The van der Waals surface area contributed by atoms with E-state index in [1.165, 1.54) is 14.0 Å². The Morgan fingerprint density at radius 3 is 2.55 bits per heavy atom. The SMILES string of the molecule is COc1ccc(C(C)=O)cc1COC(=O)[C@H]1CC(=O)N([C@@H](C)c2ccccc2)C1. The van der Waals surface area contributed by atoms with Gasteiger partial charge in [-0.1, -0.05) is 30.3 Å². The van der Waals surface area contributed by atoms with Crippen molar-refractivity contribution in [3.8, 4) is 5.75 Å². The molecule has 2 aromatic carbocycles. The number of likely N-dealkylation sites (tertiary alicyclic amines) is 1. The lowest BCUT2D eigenvalue weighted by molar-refractivity contribution is -0.149. The molecule has 29 heavy (non-hydrogen) atoms. The molecule has 0 radical (unpaired) electrons. The molecule has 152 valence electrons. The van der Waals surface area contributed by atoms with Crippen LogP contribution < -0.4 is 4.74 Å². The fourth-order valence-corrected chi connectivity index (χ4v) is 3.55. The van der Waals surface area contributed by atoms with Crippen LogP contribution in [0.15, 0.2) is 48.5 Å². The Balaban J connectivity index is 1.64. The number of nitrogens with zero attached hydrogens (tertiary/aromatic N) is 1. The third-order valence-corrected chi connectivity index (χ3v) is 5.30. The maximum absolute atomic E-state index is 12.6. The summed E-state index contributed by atoms with van der Waals surface area (Å²) in [5.41, 5.74) is 2.17. The summed E-state index contributed by atoms with van der Waals surface area (Å²) in [7, 11) is 1.52. The third-order valence-electron chi connectivity index (χ3n) is 5.30. The maximum atomic E-state index is 12.6. The first-order chi connectivity index (χ1) is 13.9. The van der Waals surface area contributed by atoms with Gasteiger partial charge in [-0.3, -0.25) is 14.4 Å². The normalized spacial score (nSPS) is 17.1. The molecule has 0 N–H and O–H groups in total. The number of carbonyl (C=O) groups excluding carboxylic acids is 3. The van der Waals surface area contributed by atoms with Crippen LogP contribution in [0.4, 0.5) is 0 Å². The minimum absolute atomic E-state index is 0.0118. The monoisotopic (exact) mass is 395 g/mol. The zero-order chi connectivity index (χ0) is 21.0. The number of rotatable bonds is 7. The van der Waals surface area contributed by atoms with Crippen LogP contribution in [-0.4, -0.2) is 36.2 Å². The Hall–Kier alpha value is -3.15. The van der Waals surface area contributed by atoms with E-state index < -0.39 is 11.9 Å². The fourth-order valence-electron chi connectivity index (χ4n) is 3.55. The number of Topliss-reactive ketones (excluding diaryl/α,β-unsaturated/α-hetero) is 1. The number of amides is 1. The molecule has 1 fully saturated rings. The average Bonchev–Trinajstić information content (AvgIpc) is 3.13. The van der Waals surface area contributed by atoms with E-state index in [0.717, 1.165) is 5.56 Å². The van der Waals surface area contributed by atoms with Gasteiger partial charge in [-0.15, -0.1) is 0 Å². The topological polar surface area (TPSA) is 72.9 Å². The van der Waals surface area contributed by atoms with Gasteiger partial charge in [0.1, 0.15) is 12.4 Å². The minimum Gasteiger partial charge on any atom is -0.496 e. The number of carbonyl (C=O) groups is 3. The van der Waals surface area contributed by atoms with E-state index in [9.17, 15) is 14.4 Å². The molecule has 2 atom stereocenters. The Labute approximate surface area is 170 Å². The summed E-state index contributed by atoms with van der Waals surface area (Å²) in [5.74, 6) is -0.511. The highest BCUT2D eigenvalue weighted by Crippen LogP contribution is 2.29. The van der Waals surface area contributed by atoms with Crippen LogP contribution in [0.1, 0.15) is 47.8 Å². The summed E-state index contributed by atoms with van der Waals surface area (Å²) in [6.45, 7) is 3.75. The first-order valence-electron chi connectivity index (χ1n) is 9.59. The molecule has 1 aliphatic heterocycles. The van der Waals surface area contributed by atoms with Gasteiger partial charge in [0.2, 0.25) is 5.91 Å². The van der Waals surface area contributed by atoms with Gasteiger partial charge in [0.25, 0.3) is 0 Å². The average molecular weight is 395 g/mol. The number of ether oxygens (including phenoxy) is 2. The van der Waals surface area contributed by atoms with Gasteiger partial charge in [-0.25, -0.2) is 0 Å². The van der Waals surface area contributed by atoms with Crippen molar-refractivity contribution in [2.24, 2.45) is 5.92 Å². The van der Waals surface area contributed by atoms with Gasteiger partial charge in [-0.2, -0.15) is 0 Å². The Kier molecular flexibility index (Phi) is 6.32. The van der Waals surface area contributed by atoms with Crippen molar-refractivity contribution in [1.82, 2.24) is 4.90 Å². The number of ketones is 1. The molecule has 0 bridgehead atoms. The second-order valence-electron chi connectivity index (χ2n) is 7.22. The fraction of sp³-hybridized carbons (Fsp3) is 0.348. The van der Waals surface area contributed by atoms with Crippen LogP contribution in [0.3, 0.4) is 0 Å². The molecule has 6 nitrogen and oxygen atoms in total. The first kappa shape index (κ1) is 20.6. The molecule has 6 heteroatoms. The predicted molar refractivity (Wildman–Crippen MR) is 107 cm³/mol. The highest BCUT2D eigenvalue weighted by atomic mass is 16.5. The van der Waals surface area contributed by atoms with Crippen LogP contribution in [0.25, 0.3) is 0 Å². The largest absolute Gasteiger partial charge is 0.496 e. The van der Waals surface area contributed by atoms with Crippen molar-refractivity contribution in [3.63, 3.8) is 0 Å². The quantitative estimate of drug-likeness (QED) is 0.530. The Bertz CT molecular complexity index is 909. The molecule has 2 aromatic rings. The Morgan fingerprint density at radius 2 is 1.90 bits per heavy atom. The van der Waals surface area contributed by atoms with Crippen molar-refractivity contribution in [2.45, 2.75) is 32.9 Å². The summed E-state index contributed by atoms with van der Waals surface area (Å²) in [6.07, 6.45) is 0.140. The van der Waals surface area contributed by atoms with Gasteiger partial charge in [0.15, 0.2) is 5.78 Å². The zero-order valence-corrected chi connectivity index (χ0v) is 16.9. The minimum atomic E-state index is -0.504. The molecular formula is C23H25NO5. The molecule has 1 heterocycles. The molecule has 0 aliphatic carbocycles. The zero-order valence-electron chi connectivity index (χ0n) is 16.9. The van der Waals surface area contributed by atoms with Crippen LogP contribution >= 0.6 is 0 Å². The van der Waals surface area contributed by atoms with Crippen LogP contribution in [-0.2, 0) is 20.9 Å². The van der Waals surface area contributed by atoms with Crippen LogP contribution in [0, 0.1) is 5.92 Å². The standard InChI is InChI=1S/C23H25NO5/c1-15(17-7-5-4-6-8-17)24-13-19(12-22(24)26)23(27)29-14-20-11-18(16(2)25)9-10-21(20)28-3/h4-11,15,19H,12-14H2,1-3H3/t15-,19-/m0/s1. The Morgan fingerprint density at radius 1 is 1.17 bits per heavy atom. The van der Waals surface area contributed by atoms with Gasteiger partial charge in [0.05, 0.1) is 19.1 Å². The molecular weight excluding hydrogens is 370 g/mol. The first-order valence-corrected chi connectivity index (χ1v) is 9.59. The van der Waals surface area contributed by atoms with E-state index in [2.05, 4.69) is 0 Å². The summed E-state index contributed by atoms with van der Waals surface area (Å²) >= 11 is 0. The highest BCUT2D eigenvalue weighted by Gasteiger charge is 2.38. The van der Waals surface area contributed by atoms with E-state index in [-0.39, 0.29) is 30.8 Å². The number of benzene rings is 2. The number of hydrogen-bond donors (Lipinski definition) is 0. The van der Waals surface area contributed by atoms with Crippen molar-refractivity contribution in [3.05, 3.63) is 65.2 Å². The van der Waals surface area contributed by atoms with Crippen molar-refractivity contribution >= 4 is 17.7 Å². The maximum Gasteiger partial charge on any atom is 0.311 e. The van der Waals surface area contributed by atoms with E-state index in [0.29, 0.717) is 23.4 Å². The van der Waals surface area contributed by atoms with E-state index in [1.54, 1.807) is 23.1 Å². The van der Waals surface area contributed by atoms with E-state index in [4.69, 9.17) is 9.47 Å². The van der Waals surface area contributed by atoms with E-state index in [1.807, 2.05) is 37.3 Å². The molecule has 0 spiro atoms. The van der Waals surface area contributed by atoms with Crippen LogP contribution in [0.2, 0.25) is 0 Å². The summed E-state index contributed by atoms with van der Waals surface area (Å²) in [6, 6.07) is 14.6. The summed E-state index contributed by atoms with van der Waals surface area (Å²) in [4.78, 5) is 38.4. The molecule has 0 saturated carbocycles. The highest BCUT2D eigenvalue weighted by molar-refractivity contribution is 5.94. The third kappa shape index (κ3) is 4.65. The lowest BCUT2D eigenvalue weighted by Crippen LogP contribution is -2.29. The lowest BCUT2D eigenvalue weighted by atomic mass is 10.1. The van der Waals surface area contributed by atoms with Gasteiger partial charge >= 0.3 is 5.97 Å². The molecule has 3 rings (SSSR count). The molecule has 0 unspecified atom stereocenters. The van der Waals surface area contributed by atoms with Gasteiger partial charge in [-0.05, 0) is 37.6 Å². The van der Waals surface area contributed by atoms with Gasteiger partial charge in [0, 0.05) is 24.1 Å². The van der Waals surface area contributed by atoms with Crippen molar-refractivity contribution in [1.29, 1.82) is 0 Å². The summed E-state index contributed by atoms with van der Waals surface area (Å²) in [5, 5.41) is 0.